The van der Waals surface area contributed by atoms with Gasteiger partial charge in [-0.1, -0.05) is 6.07 Å². The molecule has 21 heavy (non-hydrogen) atoms. The van der Waals surface area contributed by atoms with Crippen molar-refractivity contribution in [2.24, 2.45) is 0 Å². The quantitative estimate of drug-likeness (QED) is 0.772. The van der Waals surface area contributed by atoms with Crippen molar-refractivity contribution >= 4 is 5.91 Å². The Morgan fingerprint density at radius 2 is 2.05 bits per heavy atom. The number of hydrogen-bond donors (Lipinski definition) is 2. The summed E-state index contributed by atoms with van der Waals surface area (Å²) in [5.41, 5.74) is 0.797. The molecule has 5 nitrogen and oxygen atoms in total. The van der Waals surface area contributed by atoms with Gasteiger partial charge in [0.2, 0.25) is 5.91 Å². The van der Waals surface area contributed by atoms with E-state index in [0.29, 0.717) is 18.7 Å². The summed E-state index contributed by atoms with van der Waals surface area (Å²) in [6.07, 6.45) is 0.461. The Morgan fingerprint density at radius 3 is 2.57 bits per heavy atom. The number of aromatic hydroxyl groups is 1. The van der Waals surface area contributed by atoms with E-state index in [0.717, 1.165) is 18.7 Å². The van der Waals surface area contributed by atoms with Gasteiger partial charge in [0, 0.05) is 43.7 Å². The van der Waals surface area contributed by atoms with Crippen molar-refractivity contribution in [3.05, 3.63) is 23.8 Å². The summed E-state index contributed by atoms with van der Waals surface area (Å²) in [7, 11) is 1.56. The van der Waals surface area contributed by atoms with Gasteiger partial charge >= 0.3 is 0 Å². The first-order valence-electron chi connectivity index (χ1n) is 7.41. The second-order valence-corrected chi connectivity index (χ2v) is 4.92. The minimum absolute atomic E-state index is 0.0274. The highest BCUT2D eigenvalue weighted by Crippen LogP contribution is 2.28. The largest absolute Gasteiger partial charge is 0.507 e. The fourth-order valence-corrected chi connectivity index (χ4v) is 2.26. The molecule has 1 aromatic rings. The third-order valence-corrected chi connectivity index (χ3v) is 3.61. The molecule has 118 valence electrons. The van der Waals surface area contributed by atoms with E-state index in [1.54, 1.807) is 13.2 Å². The molecule has 0 saturated heterocycles. The smallest absolute Gasteiger partial charge is 0.223 e. The summed E-state index contributed by atoms with van der Waals surface area (Å²) in [5.74, 6) is 0.975. The zero-order valence-electron chi connectivity index (χ0n) is 13.3. The number of carbonyl (C=O) groups excluding carboxylic acids is 1. The van der Waals surface area contributed by atoms with E-state index in [2.05, 4.69) is 5.32 Å². The van der Waals surface area contributed by atoms with Crippen LogP contribution >= 0.6 is 0 Å². The molecule has 0 fully saturated rings. The van der Waals surface area contributed by atoms with Crippen LogP contribution in [0.5, 0.6) is 11.5 Å². The topological polar surface area (TPSA) is 61.8 Å². The van der Waals surface area contributed by atoms with Gasteiger partial charge in [0.25, 0.3) is 0 Å². The molecular weight excluding hydrogens is 268 g/mol. The van der Waals surface area contributed by atoms with Crippen LogP contribution in [0.15, 0.2) is 18.2 Å². The van der Waals surface area contributed by atoms with Crippen LogP contribution in [0, 0.1) is 0 Å². The van der Waals surface area contributed by atoms with Crippen molar-refractivity contribution in [2.45, 2.75) is 33.2 Å². The van der Waals surface area contributed by atoms with Gasteiger partial charge in [-0.3, -0.25) is 4.79 Å². The van der Waals surface area contributed by atoms with Crippen LogP contribution in [-0.4, -0.2) is 42.7 Å². The predicted molar refractivity (Wildman–Crippen MR) is 83.6 cm³/mol. The average Bonchev–Trinajstić information content (AvgIpc) is 2.48. The number of hydrogen-bond acceptors (Lipinski definition) is 4. The van der Waals surface area contributed by atoms with Gasteiger partial charge in [-0.2, -0.15) is 0 Å². The lowest BCUT2D eigenvalue weighted by molar-refractivity contribution is -0.130. The molecule has 2 N–H and O–H groups in total. The maximum Gasteiger partial charge on any atom is 0.223 e. The van der Waals surface area contributed by atoms with E-state index in [9.17, 15) is 9.90 Å². The normalized spacial score (nSPS) is 12.0. The Balaban J connectivity index is 2.51. The maximum absolute atomic E-state index is 11.9. The molecular formula is C16H26N2O3. The molecule has 1 aromatic carbocycles. The van der Waals surface area contributed by atoms with E-state index in [-0.39, 0.29) is 17.7 Å². The predicted octanol–water partition coefficient (Wildman–Crippen LogP) is 2.31. The average molecular weight is 294 g/mol. The fraction of sp³-hybridized carbons (Fsp3) is 0.562. The van der Waals surface area contributed by atoms with Crippen molar-refractivity contribution in [2.75, 3.05) is 26.7 Å². The van der Waals surface area contributed by atoms with Crippen LogP contribution in [0.3, 0.4) is 0 Å². The van der Waals surface area contributed by atoms with Gasteiger partial charge < -0.3 is 20.1 Å². The number of amides is 1. The van der Waals surface area contributed by atoms with Gasteiger partial charge in [-0.05, 0) is 26.8 Å². The molecule has 1 atom stereocenters. The van der Waals surface area contributed by atoms with Crippen LogP contribution in [-0.2, 0) is 4.79 Å². The third kappa shape index (κ3) is 4.93. The Bertz CT molecular complexity index is 459. The van der Waals surface area contributed by atoms with Gasteiger partial charge in [-0.15, -0.1) is 0 Å². The van der Waals surface area contributed by atoms with Crippen molar-refractivity contribution < 1.29 is 14.6 Å². The van der Waals surface area contributed by atoms with Crippen molar-refractivity contribution in [1.29, 1.82) is 0 Å². The van der Waals surface area contributed by atoms with Crippen LogP contribution in [0.1, 0.15) is 38.8 Å². The molecule has 0 aliphatic carbocycles. The third-order valence-electron chi connectivity index (χ3n) is 3.61. The number of carbonyl (C=O) groups is 1. The monoisotopic (exact) mass is 294 g/mol. The van der Waals surface area contributed by atoms with Crippen molar-refractivity contribution in [3.63, 3.8) is 0 Å². The molecule has 5 heteroatoms. The molecule has 0 spiro atoms. The highest BCUT2D eigenvalue weighted by molar-refractivity contribution is 5.76. The first kappa shape index (κ1) is 17.3. The molecule has 0 aliphatic heterocycles. The summed E-state index contributed by atoms with van der Waals surface area (Å²) in [5, 5.41) is 13.2. The fourth-order valence-electron chi connectivity index (χ4n) is 2.26. The number of ether oxygens (including phenoxy) is 1. The second-order valence-electron chi connectivity index (χ2n) is 4.92. The van der Waals surface area contributed by atoms with Crippen molar-refractivity contribution in [3.8, 4) is 11.5 Å². The van der Waals surface area contributed by atoms with E-state index < -0.39 is 0 Å². The Kier molecular flexibility index (Phi) is 7.02. The van der Waals surface area contributed by atoms with Crippen molar-refractivity contribution in [1.82, 2.24) is 10.2 Å². The Hall–Kier alpha value is -1.75. The molecule has 1 rings (SSSR count). The number of phenols is 1. The first-order chi connectivity index (χ1) is 10.0. The summed E-state index contributed by atoms with van der Waals surface area (Å²) >= 11 is 0. The summed E-state index contributed by atoms with van der Waals surface area (Å²) in [6.45, 7) is 7.99. The maximum atomic E-state index is 11.9. The number of phenolic OH excluding ortho intramolecular Hbond substituents is 1. The summed E-state index contributed by atoms with van der Waals surface area (Å²) < 4.78 is 5.06. The van der Waals surface area contributed by atoms with E-state index in [1.165, 1.54) is 0 Å². The lowest BCUT2D eigenvalue weighted by Crippen LogP contribution is -2.33. The molecule has 0 bridgehead atoms. The number of methoxy groups -OCH3 is 1. The highest BCUT2D eigenvalue weighted by atomic mass is 16.5. The number of nitrogens with one attached hydrogen (secondary N) is 1. The minimum Gasteiger partial charge on any atom is -0.507 e. The van der Waals surface area contributed by atoms with Crippen LogP contribution < -0.4 is 10.1 Å². The van der Waals surface area contributed by atoms with E-state index in [1.807, 2.05) is 37.8 Å². The van der Waals surface area contributed by atoms with Gasteiger partial charge in [0.15, 0.2) is 0 Å². The zero-order chi connectivity index (χ0) is 15.8. The minimum atomic E-state index is -0.0274. The first-order valence-corrected chi connectivity index (χ1v) is 7.41. The van der Waals surface area contributed by atoms with E-state index >= 15 is 0 Å². The van der Waals surface area contributed by atoms with Gasteiger partial charge in [0.05, 0.1) is 7.11 Å². The summed E-state index contributed by atoms with van der Waals surface area (Å²) in [6, 6.07) is 5.21. The lowest BCUT2D eigenvalue weighted by Gasteiger charge is -2.20. The van der Waals surface area contributed by atoms with Crippen LogP contribution in [0.2, 0.25) is 0 Å². The van der Waals surface area contributed by atoms with Crippen LogP contribution in [0.25, 0.3) is 0 Å². The second kappa shape index (κ2) is 8.52. The Morgan fingerprint density at radius 1 is 1.38 bits per heavy atom. The molecule has 0 aromatic heterocycles. The molecule has 0 aliphatic rings. The number of benzene rings is 1. The Labute approximate surface area is 126 Å². The summed E-state index contributed by atoms with van der Waals surface area (Å²) in [4.78, 5) is 13.7. The van der Waals surface area contributed by atoms with Crippen LogP contribution in [0.4, 0.5) is 0 Å². The highest BCUT2D eigenvalue weighted by Gasteiger charge is 2.13. The molecule has 1 amide bonds. The molecule has 0 saturated carbocycles. The number of nitrogens with zero attached hydrogens (tertiary/aromatic N) is 1. The molecule has 0 radical (unpaired) electrons. The van der Waals surface area contributed by atoms with Gasteiger partial charge in [0.1, 0.15) is 11.5 Å². The molecule has 1 unspecified atom stereocenters. The lowest BCUT2D eigenvalue weighted by atomic mass is 10.1. The van der Waals surface area contributed by atoms with Gasteiger partial charge in [-0.25, -0.2) is 0 Å². The zero-order valence-corrected chi connectivity index (χ0v) is 13.3. The standard InChI is InChI=1S/C16H26N2O3/c1-5-18(6-2)16(20)9-10-17-12(3)14-8-7-13(21-4)11-15(14)19/h7-8,11-12,17,19H,5-6,9-10H2,1-4H3. The SMILES string of the molecule is CCN(CC)C(=O)CCNC(C)c1ccc(OC)cc1O. The molecule has 0 heterocycles. The van der Waals surface area contributed by atoms with E-state index in [4.69, 9.17) is 4.74 Å². The number of rotatable bonds is 8.